The number of nitrogens with two attached hydrogens (primary N) is 1. The zero-order chi connectivity index (χ0) is 14.3. The van der Waals surface area contributed by atoms with Crippen LogP contribution in [0.4, 0.5) is 0 Å². The third kappa shape index (κ3) is 4.47. The number of carbonyl (C=O) groups is 2. The maximum absolute atomic E-state index is 11.9. The van der Waals surface area contributed by atoms with Crippen LogP contribution < -0.4 is 27.2 Å². The van der Waals surface area contributed by atoms with Gasteiger partial charge in [-0.15, -0.1) is 0 Å². The highest BCUT2D eigenvalue weighted by Gasteiger charge is 2.16. The molecule has 1 rings (SSSR count). The number of hydroxylamine groups is 1. The second kappa shape index (κ2) is 7.21. The molecule has 0 radical (unpaired) electrons. The van der Waals surface area contributed by atoms with Crippen molar-refractivity contribution in [1.82, 2.24) is 21.4 Å². The highest BCUT2D eigenvalue weighted by Crippen LogP contribution is 1.98. The normalized spacial score (nSPS) is 18.8. The lowest BCUT2D eigenvalue weighted by Crippen LogP contribution is -2.41. The van der Waals surface area contributed by atoms with E-state index in [0.29, 0.717) is 12.1 Å². The van der Waals surface area contributed by atoms with Gasteiger partial charge in [0.25, 0.3) is 5.91 Å². The average molecular weight is 270 g/mol. The molecule has 0 aromatic rings. The van der Waals surface area contributed by atoms with Crippen LogP contribution in [0.3, 0.4) is 0 Å². The smallest absolute Gasteiger partial charge is 0.271 e. The third-order valence-electron chi connectivity index (χ3n) is 2.23. The monoisotopic (exact) mass is 270 g/mol. The van der Waals surface area contributed by atoms with E-state index in [9.17, 15) is 9.59 Å². The van der Waals surface area contributed by atoms with E-state index in [1.165, 1.54) is 0 Å². The van der Waals surface area contributed by atoms with Gasteiger partial charge in [-0.2, -0.15) is 0 Å². The summed E-state index contributed by atoms with van der Waals surface area (Å²) in [6.45, 7) is 1.93. The molecular formula is C10H18N6O3. The van der Waals surface area contributed by atoms with Gasteiger partial charge in [0.1, 0.15) is 23.6 Å². The lowest BCUT2D eigenvalue weighted by Gasteiger charge is -2.12. The van der Waals surface area contributed by atoms with Crippen molar-refractivity contribution in [1.29, 1.82) is 0 Å². The van der Waals surface area contributed by atoms with Gasteiger partial charge in [0, 0.05) is 7.05 Å². The molecule has 0 saturated heterocycles. The van der Waals surface area contributed by atoms with Crippen molar-refractivity contribution in [3.05, 3.63) is 11.5 Å². The molecule has 0 spiro atoms. The Labute approximate surface area is 110 Å². The molecule has 1 heterocycles. The molecule has 0 saturated carbocycles. The number of aliphatic imine (C=N–C) groups is 1. The molecule has 9 heteroatoms. The number of hydrogen-bond acceptors (Lipinski definition) is 8. The molecule has 1 amide bonds. The Morgan fingerprint density at radius 1 is 1.58 bits per heavy atom. The van der Waals surface area contributed by atoms with E-state index in [1.807, 2.05) is 0 Å². The Balaban J connectivity index is 2.57. The van der Waals surface area contributed by atoms with Gasteiger partial charge in [0.05, 0.1) is 13.1 Å². The number of carbonyl (C=O) groups excluding carboxylic acids is 2. The molecule has 1 atom stereocenters. The number of rotatable bonds is 7. The van der Waals surface area contributed by atoms with E-state index < -0.39 is 5.91 Å². The second-order valence-corrected chi connectivity index (χ2v) is 3.66. The van der Waals surface area contributed by atoms with Crippen LogP contribution in [0.25, 0.3) is 0 Å². The zero-order valence-electron chi connectivity index (χ0n) is 10.8. The molecule has 1 aliphatic rings. The largest absolute Gasteiger partial charge is 0.384 e. The van der Waals surface area contributed by atoms with E-state index >= 15 is 0 Å². The third-order valence-corrected chi connectivity index (χ3v) is 2.23. The molecule has 1 aliphatic heterocycles. The first-order valence-electron chi connectivity index (χ1n) is 5.70. The van der Waals surface area contributed by atoms with Crippen LogP contribution in [0, 0.1) is 0 Å². The predicted octanol–water partition coefficient (Wildman–Crippen LogP) is -2.48. The van der Waals surface area contributed by atoms with E-state index in [0.717, 1.165) is 0 Å². The molecular weight excluding hydrogens is 252 g/mol. The van der Waals surface area contributed by atoms with Gasteiger partial charge in [-0.3, -0.25) is 4.79 Å². The Morgan fingerprint density at radius 2 is 2.32 bits per heavy atom. The van der Waals surface area contributed by atoms with Gasteiger partial charge in [-0.1, -0.05) is 0 Å². The van der Waals surface area contributed by atoms with Gasteiger partial charge in [0.2, 0.25) is 0 Å². The lowest BCUT2D eigenvalue weighted by atomic mass is 10.3. The highest BCUT2D eigenvalue weighted by molar-refractivity contribution is 5.96. The van der Waals surface area contributed by atoms with Crippen molar-refractivity contribution in [3.8, 4) is 0 Å². The van der Waals surface area contributed by atoms with E-state index in [4.69, 9.17) is 10.6 Å². The molecule has 6 N–H and O–H groups in total. The summed E-state index contributed by atoms with van der Waals surface area (Å²) in [5, 5.41) is 7.86. The molecule has 1 unspecified atom stereocenters. The van der Waals surface area contributed by atoms with Gasteiger partial charge < -0.3 is 26.5 Å². The van der Waals surface area contributed by atoms with Gasteiger partial charge in [-0.25, -0.2) is 15.3 Å². The molecule has 0 aliphatic carbocycles. The second-order valence-electron chi connectivity index (χ2n) is 3.66. The predicted molar refractivity (Wildman–Crippen MR) is 68.5 cm³/mol. The van der Waals surface area contributed by atoms with Crippen molar-refractivity contribution in [2.75, 3.05) is 20.1 Å². The van der Waals surface area contributed by atoms with Crippen LogP contribution in [0.15, 0.2) is 16.5 Å². The minimum absolute atomic E-state index is 0.00945. The average Bonchev–Trinajstić information content (AvgIpc) is 2.82. The summed E-state index contributed by atoms with van der Waals surface area (Å²) >= 11 is 0. The van der Waals surface area contributed by atoms with Gasteiger partial charge >= 0.3 is 0 Å². The quantitative estimate of drug-likeness (QED) is 0.256. The Morgan fingerprint density at radius 3 is 2.84 bits per heavy atom. The topological polar surface area (TPSA) is 130 Å². The summed E-state index contributed by atoms with van der Waals surface area (Å²) in [6, 6.07) is 0. The Bertz CT molecular complexity index is 406. The van der Waals surface area contributed by atoms with Crippen molar-refractivity contribution in [2.45, 2.75) is 13.2 Å². The minimum Gasteiger partial charge on any atom is -0.384 e. The molecule has 0 aromatic heterocycles. The summed E-state index contributed by atoms with van der Waals surface area (Å²) in [6.07, 6.45) is 0.353. The van der Waals surface area contributed by atoms with Crippen LogP contribution in [-0.2, 0) is 14.4 Å². The molecule has 0 aromatic carbocycles. The van der Waals surface area contributed by atoms with E-state index in [1.54, 1.807) is 14.0 Å². The molecule has 9 nitrogen and oxygen atoms in total. The zero-order valence-corrected chi connectivity index (χ0v) is 10.8. The van der Waals surface area contributed by atoms with Crippen molar-refractivity contribution in [3.63, 3.8) is 0 Å². The molecule has 0 bridgehead atoms. The van der Waals surface area contributed by atoms with Crippen molar-refractivity contribution < 1.29 is 14.4 Å². The van der Waals surface area contributed by atoms with Crippen LogP contribution in [0.1, 0.15) is 6.92 Å². The standard InChI is InChI=1S/C10H18N6O3/c1-6-15-7(16-19-6)5-14-10(18)8(9(11)12-2)13-3-4-17/h4,6,12-13H,3,5,11H2,1-2H3,(H,14,18)(H,15,16)/b9-8+. The fourth-order valence-electron chi connectivity index (χ4n) is 1.33. The van der Waals surface area contributed by atoms with Crippen LogP contribution in [-0.4, -0.2) is 44.4 Å². The van der Waals surface area contributed by atoms with Crippen molar-refractivity contribution in [2.24, 2.45) is 10.7 Å². The first-order valence-corrected chi connectivity index (χ1v) is 5.70. The number of aldehydes is 1. The minimum atomic E-state index is -0.447. The van der Waals surface area contributed by atoms with Gasteiger partial charge in [0.15, 0.2) is 6.23 Å². The summed E-state index contributed by atoms with van der Waals surface area (Å²) in [4.78, 5) is 31.3. The Kier molecular flexibility index (Phi) is 5.61. The van der Waals surface area contributed by atoms with Crippen LogP contribution in [0.2, 0.25) is 0 Å². The molecule has 0 fully saturated rings. The summed E-state index contributed by atoms with van der Waals surface area (Å²) in [7, 11) is 1.57. The number of amidine groups is 1. The van der Waals surface area contributed by atoms with Crippen molar-refractivity contribution >= 4 is 18.0 Å². The maximum Gasteiger partial charge on any atom is 0.271 e. The first kappa shape index (κ1) is 14.8. The molecule has 19 heavy (non-hydrogen) atoms. The fourth-order valence-corrected chi connectivity index (χ4v) is 1.33. The lowest BCUT2D eigenvalue weighted by molar-refractivity contribution is -0.117. The number of amides is 1. The number of nitrogens with one attached hydrogen (secondary N) is 4. The first-order chi connectivity index (χ1) is 9.08. The van der Waals surface area contributed by atoms with Gasteiger partial charge in [-0.05, 0) is 6.92 Å². The van der Waals surface area contributed by atoms with E-state index in [2.05, 4.69) is 26.4 Å². The SMILES string of the molecule is CN/C(N)=C(/NCC=O)C(=O)NCC1=NC(C)ON1. The summed E-state index contributed by atoms with van der Waals surface area (Å²) in [5.74, 6) is 0.210. The highest BCUT2D eigenvalue weighted by atomic mass is 16.7. The number of nitrogens with zero attached hydrogens (tertiary/aromatic N) is 1. The van der Waals surface area contributed by atoms with E-state index in [-0.39, 0.29) is 30.8 Å². The fraction of sp³-hybridized carbons (Fsp3) is 0.500. The summed E-state index contributed by atoms with van der Waals surface area (Å²) < 4.78 is 0. The number of hydrogen-bond donors (Lipinski definition) is 5. The maximum atomic E-state index is 11.9. The molecule has 106 valence electrons. The Hall–Kier alpha value is -2.29. The van der Waals surface area contributed by atoms with Crippen LogP contribution >= 0.6 is 0 Å². The summed E-state index contributed by atoms with van der Waals surface area (Å²) in [5.41, 5.74) is 8.31. The van der Waals surface area contributed by atoms with Crippen LogP contribution in [0.5, 0.6) is 0 Å².